The lowest BCUT2D eigenvalue weighted by Gasteiger charge is -2.24. The summed E-state index contributed by atoms with van der Waals surface area (Å²) >= 11 is 1.30. The van der Waals surface area contributed by atoms with Crippen LogP contribution in [0.15, 0.2) is 57.5 Å². The molecule has 1 aliphatic heterocycles. The minimum absolute atomic E-state index is 0.128. The number of allylic oxidation sites excluding steroid dienone is 1. The number of rotatable bonds is 6. The predicted octanol–water partition coefficient (Wildman–Crippen LogP) is 5.06. The molecule has 0 saturated carbocycles. The van der Waals surface area contributed by atoms with E-state index in [1.165, 1.54) is 11.3 Å². The van der Waals surface area contributed by atoms with Crippen LogP contribution >= 0.6 is 11.3 Å². The third kappa shape index (κ3) is 5.05. The summed E-state index contributed by atoms with van der Waals surface area (Å²) in [5.41, 5.74) is 5.17. The van der Waals surface area contributed by atoms with Gasteiger partial charge in [-0.25, -0.2) is 9.79 Å². The molecule has 0 unspecified atom stereocenters. The Labute approximate surface area is 221 Å². The molecule has 7 heteroatoms. The first-order chi connectivity index (χ1) is 17.5. The maximum atomic E-state index is 13.9. The Morgan fingerprint density at radius 2 is 1.70 bits per heavy atom. The summed E-state index contributed by atoms with van der Waals surface area (Å²) in [6, 6.07) is 11.1. The average Bonchev–Trinajstić information content (AvgIpc) is 3.13. The van der Waals surface area contributed by atoms with Gasteiger partial charge in [-0.2, -0.15) is 0 Å². The fraction of sp³-hybridized carbons (Fsp3) is 0.367. The number of nitrogens with zero attached hydrogens (tertiary/aromatic N) is 2. The van der Waals surface area contributed by atoms with Crippen LogP contribution in [0.25, 0.3) is 6.08 Å². The number of thiazole rings is 1. The maximum absolute atomic E-state index is 13.9. The first kappa shape index (κ1) is 26.6. The summed E-state index contributed by atoms with van der Waals surface area (Å²) < 4.78 is 7.49. The molecular formula is C30H34N2O4S. The number of carbonyl (C=O) groups excluding carboxylic acids is 1. The highest BCUT2D eigenvalue weighted by molar-refractivity contribution is 7.07. The zero-order valence-corrected chi connectivity index (χ0v) is 23.3. The first-order valence-electron chi connectivity index (χ1n) is 12.7. The Bertz CT molecular complexity index is 1530. The van der Waals surface area contributed by atoms with Gasteiger partial charge in [0.2, 0.25) is 0 Å². The predicted molar refractivity (Wildman–Crippen MR) is 148 cm³/mol. The molecule has 6 nitrogen and oxygen atoms in total. The quantitative estimate of drug-likeness (QED) is 0.463. The average molecular weight is 519 g/mol. The van der Waals surface area contributed by atoms with Crippen molar-refractivity contribution in [2.45, 2.75) is 66.3 Å². The van der Waals surface area contributed by atoms with Crippen molar-refractivity contribution >= 4 is 23.4 Å². The number of aromatic nitrogens is 1. The van der Waals surface area contributed by atoms with Crippen molar-refractivity contribution in [2.24, 2.45) is 4.99 Å². The number of aryl methyl sites for hydroxylation is 1. The molecule has 0 spiro atoms. The van der Waals surface area contributed by atoms with Crippen LogP contribution in [0.5, 0.6) is 5.75 Å². The number of phenols is 1. The molecule has 0 radical (unpaired) electrons. The second-order valence-corrected chi connectivity index (χ2v) is 11.1. The highest BCUT2D eigenvalue weighted by Crippen LogP contribution is 2.35. The molecular weight excluding hydrogens is 484 g/mol. The van der Waals surface area contributed by atoms with E-state index in [0.29, 0.717) is 26.4 Å². The third-order valence-electron chi connectivity index (χ3n) is 6.64. The highest BCUT2D eigenvalue weighted by Gasteiger charge is 2.33. The lowest BCUT2D eigenvalue weighted by atomic mass is 9.91. The van der Waals surface area contributed by atoms with Crippen LogP contribution in [0, 0.1) is 6.92 Å². The minimum Gasteiger partial charge on any atom is -0.507 e. The summed E-state index contributed by atoms with van der Waals surface area (Å²) in [4.78, 5) is 32.1. The van der Waals surface area contributed by atoms with Gasteiger partial charge in [0.15, 0.2) is 4.80 Å². The topological polar surface area (TPSA) is 80.9 Å². The molecule has 3 aromatic rings. The fourth-order valence-corrected chi connectivity index (χ4v) is 5.72. The van der Waals surface area contributed by atoms with Crippen LogP contribution in [0.3, 0.4) is 0 Å². The number of aromatic hydroxyl groups is 1. The number of fused-ring (bicyclic) bond motifs is 1. The van der Waals surface area contributed by atoms with E-state index in [0.717, 1.165) is 27.8 Å². The van der Waals surface area contributed by atoms with Crippen LogP contribution in [0.1, 0.15) is 87.2 Å². The van der Waals surface area contributed by atoms with E-state index >= 15 is 0 Å². The zero-order valence-electron chi connectivity index (χ0n) is 22.5. The molecule has 0 fully saturated rings. The van der Waals surface area contributed by atoms with Crippen LogP contribution < -0.4 is 14.9 Å². The van der Waals surface area contributed by atoms with Crippen molar-refractivity contribution < 1.29 is 14.6 Å². The van der Waals surface area contributed by atoms with Crippen molar-refractivity contribution in [1.82, 2.24) is 4.57 Å². The van der Waals surface area contributed by atoms with Gasteiger partial charge in [0.05, 0.1) is 28.5 Å². The Balaban J connectivity index is 1.96. The fourth-order valence-electron chi connectivity index (χ4n) is 4.67. The molecule has 2 aromatic carbocycles. The molecule has 37 heavy (non-hydrogen) atoms. The number of esters is 1. The van der Waals surface area contributed by atoms with E-state index in [4.69, 9.17) is 4.74 Å². The van der Waals surface area contributed by atoms with E-state index < -0.39 is 12.0 Å². The maximum Gasteiger partial charge on any atom is 0.338 e. The minimum atomic E-state index is -0.629. The monoisotopic (exact) mass is 518 g/mol. The number of carbonyl (C=O) groups is 1. The van der Waals surface area contributed by atoms with E-state index in [2.05, 4.69) is 4.99 Å². The summed E-state index contributed by atoms with van der Waals surface area (Å²) in [6.07, 6.45) is 1.86. The lowest BCUT2D eigenvalue weighted by Crippen LogP contribution is -2.39. The van der Waals surface area contributed by atoms with Crippen LogP contribution in [0.4, 0.5) is 0 Å². The van der Waals surface area contributed by atoms with Gasteiger partial charge >= 0.3 is 5.97 Å². The molecule has 0 bridgehead atoms. The van der Waals surface area contributed by atoms with Crippen molar-refractivity contribution in [3.8, 4) is 5.75 Å². The molecule has 0 saturated heterocycles. The normalized spacial score (nSPS) is 15.8. The van der Waals surface area contributed by atoms with Crippen LogP contribution in [0.2, 0.25) is 0 Å². The Kier molecular flexibility index (Phi) is 7.55. The van der Waals surface area contributed by atoms with E-state index in [9.17, 15) is 14.7 Å². The van der Waals surface area contributed by atoms with Gasteiger partial charge in [0.1, 0.15) is 5.75 Å². The first-order valence-corrected chi connectivity index (χ1v) is 13.5. The molecule has 0 aliphatic carbocycles. The van der Waals surface area contributed by atoms with Crippen molar-refractivity contribution in [2.75, 3.05) is 6.61 Å². The second-order valence-electron chi connectivity index (χ2n) is 10.1. The summed E-state index contributed by atoms with van der Waals surface area (Å²) in [7, 11) is 0. The molecule has 2 heterocycles. The van der Waals surface area contributed by atoms with E-state index in [-0.39, 0.29) is 24.0 Å². The number of hydrogen-bond donors (Lipinski definition) is 1. The van der Waals surface area contributed by atoms with E-state index in [1.54, 1.807) is 18.4 Å². The Hall–Kier alpha value is -3.45. The van der Waals surface area contributed by atoms with Crippen molar-refractivity contribution in [1.29, 1.82) is 0 Å². The van der Waals surface area contributed by atoms with Crippen molar-refractivity contribution in [3.63, 3.8) is 0 Å². The summed E-state index contributed by atoms with van der Waals surface area (Å²) in [5, 5.41) is 10.8. The highest BCUT2D eigenvalue weighted by atomic mass is 32.1. The van der Waals surface area contributed by atoms with Gasteiger partial charge in [-0.15, -0.1) is 0 Å². The van der Waals surface area contributed by atoms with Crippen molar-refractivity contribution in [3.05, 3.63) is 95.2 Å². The van der Waals surface area contributed by atoms with E-state index in [1.807, 2.05) is 77.1 Å². The smallest absolute Gasteiger partial charge is 0.338 e. The third-order valence-corrected chi connectivity index (χ3v) is 7.63. The van der Waals surface area contributed by atoms with Gasteiger partial charge in [-0.05, 0) is 73.1 Å². The van der Waals surface area contributed by atoms with Gasteiger partial charge < -0.3 is 9.84 Å². The zero-order chi connectivity index (χ0) is 27.0. The molecule has 194 valence electrons. The van der Waals surface area contributed by atoms with Gasteiger partial charge in [-0.1, -0.05) is 68.9 Å². The van der Waals surface area contributed by atoms with Crippen LogP contribution in [-0.2, 0) is 9.53 Å². The molecule has 4 rings (SSSR count). The number of hydrogen-bond acceptors (Lipinski definition) is 6. The summed E-state index contributed by atoms with van der Waals surface area (Å²) in [6.45, 7) is 13.9. The largest absolute Gasteiger partial charge is 0.507 e. The molecule has 1 aromatic heterocycles. The van der Waals surface area contributed by atoms with Gasteiger partial charge in [0.25, 0.3) is 5.56 Å². The number of phenolic OH excluding ortho intramolecular Hbond substituents is 1. The standard InChI is InChI=1S/C30H34N2O4S/c1-8-36-29(35)25-19(7)31-30-32(26(25)21-11-9-18(6)10-12-21)28(34)24(37-30)15-20-13-22(16(2)3)27(33)23(14-20)17(4)5/h9-17,26,33H,8H2,1-7H3/b24-15-/t26-/m1/s1. The molecule has 1 aliphatic rings. The molecule has 1 N–H and O–H groups in total. The molecule has 1 atom stereocenters. The lowest BCUT2D eigenvalue weighted by molar-refractivity contribution is -0.139. The Morgan fingerprint density at radius 1 is 1.11 bits per heavy atom. The Morgan fingerprint density at radius 3 is 2.24 bits per heavy atom. The SMILES string of the molecule is CCOC(=O)C1=C(C)N=c2s/c(=C\c3cc(C(C)C)c(O)c(C(C)C)c3)c(=O)n2[C@@H]1c1ccc(C)cc1. The van der Waals surface area contributed by atoms with Gasteiger partial charge in [0, 0.05) is 0 Å². The molecule has 0 amide bonds. The number of ether oxygens (including phenoxy) is 1. The van der Waals surface area contributed by atoms with Crippen LogP contribution in [-0.4, -0.2) is 22.2 Å². The second kappa shape index (κ2) is 10.5. The number of benzene rings is 2. The summed E-state index contributed by atoms with van der Waals surface area (Å²) in [5.74, 6) is 0.106. The van der Waals surface area contributed by atoms with Gasteiger partial charge in [-0.3, -0.25) is 9.36 Å².